The maximum atomic E-state index is 6.07. The van der Waals surface area contributed by atoms with E-state index in [-0.39, 0.29) is 6.04 Å². The number of hydrogen-bond acceptors (Lipinski definition) is 2. The van der Waals surface area contributed by atoms with Crippen molar-refractivity contribution in [2.24, 2.45) is 5.73 Å². The molecule has 1 unspecified atom stereocenters. The monoisotopic (exact) mass is 243 g/mol. The SMILES string of the molecule is CCCSCC(N)Cc1ccccc1Cl. The first kappa shape index (κ1) is 12.9. The molecule has 0 aliphatic rings. The molecule has 2 N–H and O–H groups in total. The Bertz CT molecular complexity index is 291. The molecule has 0 spiro atoms. The van der Waals surface area contributed by atoms with Crippen molar-refractivity contribution >= 4 is 23.4 Å². The summed E-state index contributed by atoms with van der Waals surface area (Å²) in [5.41, 5.74) is 7.19. The Morgan fingerprint density at radius 2 is 2.13 bits per heavy atom. The lowest BCUT2D eigenvalue weighted by molar-refractivity contribution is 0.748. The van der Waals surface area contributed by atoms with Crippen molar-refractivity contribution in [3.63, 3.8) is 0 Å². The average Bonchev–Trinajstić information content (AvgIpc) is 2.22. The van der Waals surface area contributed by atoms with Crippen LogP contribution in [0.4, 0.5) is 0 Å². The molecular formula is C12H18ClNS. The molecule has 0 fully saturated rings. The van der Waals surface area contributed by atoms with Gasteiger partial charge in [0, 0.05) is 16.8 Å². The zero-order valence-electron chi connectivity index (χ0n) is 9.08. The Kier molecular flexibility index (Phi) is 6.15. The molecule has 1 atom stereocenters. The summed E-state index contributed by atoms with van der Waals surface area (Å²) in [5, 5.41) is 0.827. The van der Waals surface area contributed by atoms with Crippen LogP contribution in [-0.4, -0.2) is 17.5 Å². The Hall–Kier alpha value is -0.180. The third-order valence-electron chi connectivity index (χ3n) is 2.12. The largest absolute Gasteiger partial charge is 0.327 e. The molecule has 1 aromatic rings. The minimum Gasteiger partial charge on any atom is -0.327 e. The van der Waals surface area contributed by atoms with E-state index in [0.717, 1.165) is 22.8 Å². The fourth-order valence-corrected chi connectivity index (χ4v) is 2.47. The molecule has 0 aromatic heterocycles. The first-order chi connectivity index (χ1) is 7.24. The van der Waals surface area contributed by atoms with Gasteiger partial charge in [-0.05, 0) is 30.2 Å². The maximum Gasteiger partial charge on any atom is 0.0438 e. The Balaban J connectivity index is 2.37. The second kappa shape index (κ2) is 7.15. The van der Waals surface area contributed by atoms with Crippen LogP contribution in [0.25, 0.3) is 0 Å². The van der Waals surface area contributed by atoms with Crippen LogP contribution in [0.1, 0.15) is 18.9 Å². The van der Waals surface area contributed by atoms with Gasteiger partial charge < -0.3 is 5.73 Å². The van der Waals surface area contributed by atoms with Crippen LogP contribution in [-0.2, 0) is 6.42 Å². The van der Waals surface area contributed by atoms with E-state index >= 15 is 0 Å². The molecule has 1 rings (SSSR count). The van der Waals surface area contributed by atoms with E-state index in [1.165, 1.54) is 12.2 Å². The summed E-state index contributed by atoms with van der Waals surface area (Å²) in [4.78, 5) is 0. The van der Waals surface area contributed by atoms with Crippen LogP contribution in [0.15, 0.2) is 24.3 Å². The average molecular weight is 244 g/mol. The van der Waals surface area contributed by atoms with Gasteiger partial charge in [-0.25, -0.2) is 0 Å². The van der Waals surface area contributed by atoms with Crippen molar-refractivity contribution < 1.29 is 0 Å². The quantitative estimate of drug-likeness (QED) is 0.776. The van der Waals surface area contributed by atoms with Crippen molar-refractivity contribution in [2.75, 3.05) is 11.5 Å². The molecule has 1 aromatic carbocycles. The van der Waals surface area contributed by atoms with Crippen molar-refractivity contribution in [1.29, 1.82) is 0 Å². The molecule has 1 nitrogen and oxygen atoms in total. The van der Waals surface area contributed by atoms with E-state index in [1.54, 1.807) is 0 Å². The summed E-state index contributed by atoms with van der Waals surface area (Å²) in [6, 6.07) is 8.13. The van der Waals surface area contributed by atoms with E-state index < -0.39 is 0 Å². The normalized spacial score (nSPS) is 12.7. The van der Waals surface area contributed by atoms with Crippen molar-refractivity contribution in [3.05, 3.63) is 34.9 Å². The predicted octanol–water partition coefficient (Wildman–Crippen LogP) is 3.35. The predicted molar refractivity (Wildman–Crippen MR) is 70.7 cm³/mol. The van der Waals surface area contributed by atoms with Crippen LogP contribution in [0.2, 0.25) is 5.02 Å². The second-order valence-corrected chi connectivity index (χ2v) is 5.19. The van der Waals surface area contributed by atoms with E-state index in [1.807, 2.05) is 36.0 Å². The fourth-order valence-electron chi connectivity index (χ4n) is 1.38. The highest BCUT2D eigenvalue weighted by atomic mass is 35.5. The third-order valence-corrected chi connectivity index (χ3v) is 3.85. The van der Waals surface area contributed by atoms with Gasteiger partial charge in [0.15, 0.2) is 0 Å². The van der Waals surface area contributed by atoms with E-state index in [4.69, 9.17) is 17.3 Å². The lowest BCUT2D eigenvalue weighted by Crippen LogP contribution is -2.25. The Morgan fingerprint density at radius 3 is 2.80 bits per heavy atom. The Labute approximate surface area is 101 Å². The molecule has 0 heterocycles. The van der Waals surface area contributed by atoms with Gasteiger partial charge in [0.2, 0.25) is 0 Å². The van der Waals surface area contributed by atoms with Crippen LogP contribution in [0.3, 0.4) is 0 Å². The van der Waals surface area contributed by atoms with Crippen molar-refractivity contribution in [2.45, 2.75) is 25.8 Å². The number of nitrogens with two attached hydrogens (primary N) is 1. The van der Waals surface area contributed by atoms with E-state index in [9.17, 15) is 0 Å². The molecule has 0 saturated carbocycles. The minimum atomic E-state index is 0.210. The maximum absolute atomic E-state index is 6.07. The Morgan fingerprint density at radius 1 is 1.40 bits per heavy atom. The van der Waals surface area contributed by atoms with Gasteiger partial charge in [0.05, 0.1) is 0 Å². The zero-order chi connectivity index (χ0) is 11.1. The number of benzene rings is 1. The number of thioether (sulfide) groups is 1. The van der Waals surface area contributed by atoms with Gasteiger partial charge in [0.1, 0.15) is 0 Å². The summed E-state index contributed by atoms with van der Waals surface area (Å²) in [7, 11) is 0. The molecule has 0 bridgehead atoms. The lowest BCUT2D eigenvalue weighted by Gasteiger charge is -2.11. The minimum absolute atomic E-state index is 0.210. The van der Waals surface area contributed by atoms with Crippen LogP contribution >= 0.6 is 23.4 Å². The topological polar surface area (TPSA) is 26.0 Å². The molecular weight excluding hydrogens is 226 g/mol. The number of halogens is 1. The van der Waals surface area contributed by atoms with Gasteiger partial charge in [-0.2, -0.15) is 11.8 Å². The number of rotatable bonds is 6. The smallest absolute Gasteiger partial charge is 0.0438 e. The van der Waals surface area contributed by atoms with Crippen LogP contribution in [0, 0.1) is 0 Å². The van der Waals surface area contributed by atoms with Gasteiger partial charge in [0.25, 0.3) is 0 Å². The highest BCUT2D eigenvalue weighted by Crippen LogP contribution is 2.17. The fraction of sp³-hybridized carbons (Fsp3) is 0.500. The van der Waals surface area contributed by atoms with E-state index in [0.29, 0.717) is 0 Å². The van der Waals surface area contributed by atoms with Crippen LogP contribution < -0.4 is 5.73 Å². The van der Waals surface area contributed by atoms with Crippen molar-refractivity contribution in [1.82, 2.24) is 0 Å². The highest BCUT2D eigenvalue weighted by molar-refractivity contribution is 7.99. The van der Waals surface area contributed by atoms with Gasteiger partial charge in [-0.3, -0.25) is 0 Å². The van der Waals surface area contributed by atoms with Gasteiger partial charge in [-0.1, -0.05) is 36.7 Å². The molecule has 0 aliphatic heterocycles. The van der Waals surface area contributed by atoms with Crippen molar-refractivity contribution in [3.8, 4) is 0 Å². The van der Waals surface area contributed by atoms with Gasteiger partial charge >= 0.3 is 0 Å². The van der Waals surface area contributed by atoms with Crippen LogP contribution in [0.5, 0.6) is 0 Å². The second-order valence-electron chi connectivity index (χ2n) is 3.63. The molecule has 0 aliphatic carbocycles. The molecule has 0 saturated heterocycles. The summed E-state index contributed by atoms with van der Waals surface area (Å²) in [6.07, 6.45) is 2.08. The molecule has 3 heteroatoms. The summed E-state index contributed by atoms with van der Waals surface area (Å²) in [6.45, 7) is 2.19. The molecule has 0 radical (unpaired) electrons. The first-order valence-electron chi connectivity index (χ1n) is 5.30. The zero-order valence-corrected chi connectivity index (χ0v) is 10.7. The van der Waals surface area contributed by atoms with Gasteiger partial charge in [-0.15, -0.1) is 0 Å². The first-order valence-corrected chi connectivity index (χ1v) is 6.84. The molecule has 84 valence electrons. The highest BCUT2D eigenvalue weighted by Gasteiger charge is 2.06. The standard InChI is InChI=1S/C12H18ClNS/c1-2-7-15-9-11(14)8-10-5-3-4-6-12(10)13/h3-6,11H,2,7-9,14H2,1H3. The lowest BCUT2D eigenvalue weighted by atomic mass is 10.1. The summed E-state index contributed by atoms with van der Waals surface area (Å²) >= 11 is 7.99. The number of hydrogen-bond donors (Lipinski definition) is 1. The molecule has 0 amide bonds. The van der Waals surface area contributed by atoms with E-state index in [2.05, 4.69) is 6.92 Å². The third kappa shape index (κ3) is 4.92. The molecule has 15 heavy (non-hydrogen) atoms. The summed E-state index contributed by atoms with van der Waals surface area (Å²) < 4.78 is 0. The summed E-state index contributed by atoms with van der Waals surface area (Å²) in [5.74, 6) is 2.20.